The van der Waals surface area contributed by atoms with Crippen LogP contribution in [0.25, 0.3) is 0 Å². The van der Waals surface area contributed by atoms with Crippen molar-refractivity contribution in [3.8, 4) is 0 Å². The lowest BCUT2D eigenvalue weighted by Gasteiger charge is -2.18. The summed E-state index contributed by atoms with van der Waals surface area (Å²) in [6, 6.07) is 0. The summed E-state index contributed by atoms with van der Waals surface area (Å²) in [5.41, 5.74) is 0. The zero-order valence-electron chi connectivity index (χ0n) is 7.56. The van der Waals surface area contributed by atoms with Gasteiger partial charge in [-0.05, 0) is 19.8 Å². The van der Waals surface area contributed by atoms with Gasteiger partial charge in [0.15, 0.2) is 5.25 Å². The van der Waals surface area contributed by atoms with E-state index < -0.39 is 15.3 Å². The lowest BCUT2D eigenvalue weighted by Crippen LogP contribution is -2.42. The fraction of sp³-hybridized carbons (Fsp3) is 0.857. The first-order valence-electron chi connectivity index (χ1n) is 4.23. The van der Waals surface area contributed by atoms with Gasteiger partial charge in [-0.15, -0.1) is 0 Å². The van der Waals surface area contributed by atoms with Crippen molar-refractivity contribution >= 4 is 15.9 Å². The molecule has 0 bridgehead atoms. The third-order valence-electron chi connectivity index (χ3n) is 2.26. The molecule has 2 N–H and O–H groups in total. The second kappa shape index (κ2) is 3.63. The molecule has 1 aliphatic rings. The summed E-state index contributed by atoms with van der Waals surface area (Å²) in [4.78, 5) is 13.0. The van der Waals surface area contributed by atoms with Gasteiger partial charge in [-0.2, -0.15) is 0 Å². The van der Waals surface area contributed by atoms with Crippen LogP contribution in [0.1, 0.15) is 19.8 Å². The van der Waals surface area contributed by atoms with Crippen LogP contribution in [0.5, 0.6) is 0 Å². The minimum atomic E-state index is -3.73. The van der Waals surface area contributed by atoms with Gasteiger partial charge >= 0.3 is 0 Å². The smallest absolute Gasteiger partial charge is 0.242 e. The minimum absolute atomic E-state index is 0.375. The Morgan fingerprint density at radius 3 is 2.23 bits per heavy atom. The first-order chi connectivity index (χ1) is 5.93. The van der Waals surface area contributed by atoms with Gasteiger partial charge in [0, 0.05) is 13.1 Å². The van der Waals surface area contributed by atoms with Crippen molar-refractivity contribution in [1.29, 1.82) is 0 Å². The number of nitrogens with zero attached hydrogens (tertiary/aromatic N) is 1. The third-order valence-corrected chi connectivity index (χ3v) is 3.45. The number of hydrogen-bond donors (Lipinski definition) is 1. The van der Waals surface area contributed by atoms with E-state index in [0.717, 1.165) is 12.8 Å². The van der Waals surface area contributed by atoms with E-state index in [2.05, 4.69) is 0 Å². The molecular weight excluding hydrogens is 192 g/mol. The minimum Gasteiger partial charge on any atom is -0.342 e. The monoisotopic (exact) mass is 206 g/mol. The maximum absolute atomic E-state index is 11.5. The number of likely N-dealkylation sites (tertiary alicyclic amines) is 1. The van der Waals surface area contributed by atoms with Crippen molar-refractivity contribution in [3.63, 3.8) is 0 Å². The molecule has 0 aromatic heterocycles. The molecule has 0 radical (unpaired) electrons. The number of sulfonamides is 1. The molecule has 6 heteroatoms. The zero-order chi connectivity index (χ0) is 10.1. The number of rotatable bonds is 2. The normalized spacial score (nSPS) is 20.3. The Kier molecular flexibility index (Phi) is 2.92. The third kappa shape index (κ3) is 2.41. The van der Waals surface area contributed by atoms with Crippen molar-refractivity contribution in [3.05, 3.63) is 0 Å². The Morgan fingerprint density at radius 2 is 1.85 bits per heavy atom. The van der Waals surface area contributed by atoms with E-state index in [0.29, 0.717) is 13.1 Å². The van der Waals surface area contributed by atoms with Gasteiger partial charge in [-0.1, -0.05) is 0 Å². The van der Waals surface area contributed by atoms with Gasteiger partial charge in [0.1, 0.15) is 0 Å². The van der Waals surface area contributed by atoms with Crippen LogP contribution in [0.3, 0.4) is 0 Å². The second-order valence-corrected chi connectivity index (χ2v) is 5.15. The number of hydrogen-bond acceptors (Lipinski definition) is 3. The van der Waals surface area contributed by atoms with E-state index in [1.807, 2.05) is 0 Å². The van der Waals surface area contributed by atoms with Crippen molar-refractivity contribution < 1.29 is 13.2 Å². The first-order valence-corrected chi connectivity index (χ1v) is 5.84. The SMILES string of the molecule is CC(C(=O)N1CCCC1)S(N)(=O)=O. The summed E-state index contributed by atoms with van der Waals surface area (Å²) < 4.78 is 21.7. The fourth-order valence-corrected chi connectivity index (χ4v) is 1.77. The van der Waals surface area contributed by atoms with E-state index in [4.69, 9.17) is 5.14 Å². The lowest BCUT2D eigenvalue weighted by molar-refractivity contribution is -0.129. The van der Waals surface area contributed by atoms with Crippen LogP contribution in [0, 0.1) is 0 Å². The standard InChI is InChI=1S/C7H14N2O3S/c1-6(13(8,11)12)7(10)9-4-2-3-5-9/h6H,2-5H2,1H3,(H2,8,11,12). The highest BCUT2D eigenvalue weighted by molar-refractivity contribution is 7.90. The molecule has 1 amide bonds. The Balaban J connectivity index is 2.67. The summed E-state index contributed by atoms with van der Waals surface area (Å²) in [7, 11) is -3.73. The van der Waals surface area contributed by atoms with Crippen LogP contribution in [-0.4, -0.2) is 37.6 Å². The van der Waals surface area contributed by atoms with Crippen molar-refractivity contribution in [2.75, 3.05) is 13.1 Å². The Morgan fingerprint density at radius 1 is 1.38 bits per heavy atom. The van der Waals surface area contributed by atoms with Crippen LogP contribution < -0.4 is 5.14 Å². The molecule has 1 aliphatic heterocycles. The largest absolute Gasteiger partial charge is 0.342 e. The van der Waals surface area contributed by atoms with E-state index in [1.54, 1.807) is 4.90 Å². The van der Waals surface area contributed by atoms with Crippen molar-refractivity contribution in [2.24, 2.45) is 5.14 Å². The molecule has 1 heterocycles. The summed E-state index contributed by atoms with van der Waals surface area (Å²) in [5, 5.41) is 3.77. The summed E-state index contributed by atoms with van der Waals surface area (Å²) in [6.45, 7) is 2.63. The van der Waals surface area contributed by atoms with Gasteiger partial charge in [-0.3, -0.25) is 4.79 Å². The number of primary sulfonamides is 1. The molecular formula is C7H14N2O3S. The molecule has 0 spiro atoms. The maximum Gasteiger partial charge on any atom is 0.242 e. The highest BCUT2D eigenvalue weighted by Gasteiger charge is 2.30. The molecule has 1 atom stereocenters. The van der Waals surface area contributed by atoms with Crippen LogP contribution >= 0.6 is 0 Å². The number of carbonyl (C=O) groups is 1. The van der Waals surface area contributed by atoms with Gasteiger partial charge in [0.2, 0.25) is 15.9 Å². The van der Waals surface area contributed by atoms with Gasteiger partial charge < -0.3 is 4.90 Å². The molecule has 0 aromatic carbocycles. The summed E-state index contributed by atoms with van der Waals surface area (Å²) >= 11 is 0. The topological polar surface area (TPSA) is 80.5 Å². The molecule has 0 aliphatic carbocycles. The predicted octanol–water partition coefficient (Wildman–Crippen LogP) is -0.714. The van der Waals surface area contributed by atoms with Crippen LogP contribution in [0.2, 0.25) is 0 Å². The van der Waals surface area contributed by atoms with Crippen LogP contribution in [0.15, 0.2) is 0 Å². The Hall–Kier alpha value is -0.620. The predicted molar refractivity (Wildman–Crippen MR) is 48.4 cm³/mol. The second-order valence-electron chi connectivity index (χ2n) is 3.26. The summed E-state index contributed by atoms with van der Waals surface area (Å²) in [6.07, 6.45) is 1.89. The first kappa shape index (κ1) is 10.5. The molecule has 0 saturated carbocycles. The van der Waals surface area contributed by atoms with Gasteiger partial charge in [0.25, 0.3) is 0 Å². The van der Waals surface area contributed by atoms with Crippen LogP contribution in [0.4, 0.5) is 0 Å². The van der Waals surface area contributed by atoms with Crippen molar-refractivity contribution in [2.45, 2.75) is 25.0 Å². The zero-order valence-corrected chi connectivity index (χ0v) is 8.38. The molecule has 1 unspecified atom stereocenters. The van der Waals surface area contributed by atoms with E-state index in [1.165, 1.54) is 6.92 Å². The molecule has 0 aromatic rings. The van der Waals surface area contributed by atoms with E-state index in [9.17, 15) is 13.2 Å². The quantitative estimate of drug-likeness (QED) is 0.647. The van der Waals surface area contributed by atoms with Crippen molar-refractivity contribution in [1.82, 2.24) is 4.90 Å². The average Bonchev–Trinajstić information content (AvgIpc) is 2.51. The molecule has 1 fully saturated rings. The molecule has 5 nitrogen and oxygen atoms in total. The Labute approximate surface area is 77.9 Å². The number of amides is 1. The van der Waals surface area contributed by atoms with E-state index in [-0.39, 0.29) is 5.91 Å². The highest BCUT2D eigenvalue weighted by Crippen LogP contribution is 2.11. The maximum atomic E-state index is 11.5. The summed E-state index contributed by atoms with van der Waals surface area (Å²) in [5.74, 6) is -0.375. The van der Waals surface area contributed by atoms with Gasteiger partial charge in [0.05, 0.1) is 0 Å². The average molecular weight is 206 g/mol. The highest BCUT2D eigenvalue weighted by atomic mass is 32.2. The lowest BCUT2D eigenvalue weighted by atomic mass is 10.4. The molecule has 1 saturated heterocycles. The van der Waals surface area contributed by atoms with E-state index >= 15 is 0 Å². The molecule has 76 valence electrons. The molecule has 1 rings (SSSR count). The molecule has 13 heavy (non-hydrogen) atoms. The van der Waals surface area contributed by atoms with Crippen LogP contribution in [-0.2, 0) is 14.8 Å². The number of nitrogens with two attached hydrogens (primary N) is 1. The Bertz CT molecular complexity index is 293. The fourth-order valence-electron chi connectivity index (χ4n) is 1.34. The van der Waals surface area contributed by atoms with Gasteiger partial charge in [-0.25, -0.2) is 13.6 Å². The number of carbonyl (C=O) groups excluding carboxylic acids is 1.